The van der Waals surface area contributed by atoms with E-state index in [-0.39, 0.29) is 0 Å². The second-order valence-corrected chi connectivity index (χ2v) is 5.54. The van der Waals surface area contributed by atoms with Crippen molar-refractivity contribution in [1.82, 2.24) is 0 Å². The Morgan fingerprint density at radius 1 is 1.24 bits per heavy atom. The number of rotatable bonds is 1. The van der Waals surface area contributed by atoms with Gasteiger partial charge in [-0.15, -0.1) is 0 Å². The molecule has 1 aliphatic rings. The Bertz CT molecular complexity index is 372. The van der Waals surface area contributed by atoms with Gasteiger partial charge in [0.15, 0.2) is 0 Å². The van der Waals surface area contributed by atoms with E-state index in [2.05, 4.69) is 26.0 Å². The monoisotopic (exact) mass is 256 g/mol. The molecule has 3 nitrogen and oxygen atoms in total. The van der Waals surface area contributed by atoms with Crippen molar-refractivity contribution in [2.75, 3.05) is 0 Å². The third kappa shape index (κ3) is 4.65. The van der Waals surface area contributed by atoms with Crippen LogP contribution in [0.1, 0.15) is 38.2 Å². The normalized spacial score (nSPS) is 17.6. The van der Waals surface area contributed by atoms with Crippen molar-refractivity contribution in [3.8, 4) is 0 Å². The molecule has 94 valence electrons. The molecule has 1 saturated carbocycles. The van der Waals surface area contributed by atoms with Gasteiger partial charge in [0, 0.05) is 5.02 Å². The Balaban J connectivity index is 0.000000317. The second-order valence-electron chi connectivity index (χ2n) is 5.10. The van der Waals surface area contributed by atoms with E-state index >= 15 is 0 Å². The van der Waals surface area contributed by atoms with Crippen LogP contribution in [0.15, 0.2) is 24.3 Å². The Labute approximate surface area is 106 Å². The van der Waals surface area contributed by atoms with Crippen molar-refractivity contribution in [1.29, 1.82) is 0 Å². The minimum atomic E-state index is -1.83. The number of benzene rings is 1. The van der Waals surface area contributed by atoms with Gasteiger partial charge < -0.3 is 10.2 Å². The highest BCUT2D eigenvalue weighted by Crippen LogP contribution is 2.50. The van der Waals surface area contributed by atoms with Gasteiger partial charge in [-0.2, -0.15) is 0 Å². The summed E-state index contributed by atoms with van der Waals surface area (Å²) in [5.41, 5.74) is 2.01. The van der Waals surface area contributed by atoms with Gasteiger partial charge in [-0.05, 0) is 41.9 Å². The molecule has 2 N–H and O–H groups in total. The Kier molecular flexibility index (Phi) is 4.40. The number of carboxylic acid groups (broad SMARTS) is 2. The quantitative estimate of drug-likeness (QED) is 0.780. The summed E-state index contributed by atoms with van der Waals surface area (Å²) >= 11 is 5.83. The minimum absolute atomic E-state index is 0.560. The number of carbonyl (C=O) groups is 1. The Hall–Kier alpha value is -1.22. The molecule has 2 rings (SSSR count). The summed E-state index contributed by atoms with van der Waals surface area (Å²) in [5, 5.41) is 14.8. The molecule has 17 heavy (non-hydrogen) atoms. The van der Waals surface area contributed by atoms with Crippen LogP contribution in [0.2, 0.25) is 5.02 Å². The molecule has 0 spiro atoms. The lowest BCUT2D eigenvalue weighted by Crippen LogP contribution is -2.29. The summed E-state index contributed by atoms with van der Waals surface area (Å²) in [6.45, 7) is 4.67. The third-order valence-electron chi connectivity index (χ3n) is 2.94. The Morgan fingerprint density at radius 3 is 2.00 bits per heavy atom. The van der Waals surface area contributed by atoms with Gasteiger partial charge >= 0.3 is 6.16 Å². The van der Waals surface area contributed by atoms with Gasteiger partial charge in [0.1, 0.15) is 0 Å². The van der Waals surface area contributed by atoms with Crippen LogP contribution < -0.4 is 0 Å². The fourth-order valence-corrected chi connectivity index (χ4v) is 2.37. The summed E-state index contributed by atoms with van der Waals surface area (Å²) < 4.78 is 0. The molecule has 0 aromatic heterocycles. The minimum Gasteiger partial charge on any atom is -0.450 e. The zero-order valence-electron chi connectivity index (χ0n) is 9.98. The van der Waals surface area contributed by atoms with E-state index in [9.17, 15) is 0 Å². The molecule has 0 amide bonds. The molecule has 1 fully saturated rings. The fraction of sp³-hybridized carbons (Fsp3) is 0.462. The molecule has 0 bridgehead atoms. The highest BCUT2D eigenvalue weighted by molar-refractivity contribution is 6.30. The van der Waals surface area contributed by atoms with Gasteiger partial charge in [-0.1, -0.05) is 37.6 Å². The summed E-state index contributed by atoms with van der Waals surface area (Å²) in [7, 11) is 0. The van der Waals surface area contributed by atoms with Crippen molar-refractivity contribution in [3.63, 3.8) is 0 Å². The first kappa shape index (κ1) is 13.8. The van der Waals surface area contributed by atoms with Crippen molar-refractivity contribution in [3.05, 3.63) is 34.9 Å². The summed E-state index contributed by atoms with van der Waals surface area (Å²) in [6, 6.07) is 8.29. The highest BCUT2D eigenvalue weighted by atomic mass is 35.5. The number of halogens is 1. The zero-order chi connectivity index (χ0) is 13.1. The molecule has 1 aliphatic carbocycles. The molecular formula is C13H17ClO3. The molecule has 0 aliphatic heterocycles. The lowest BCUT2D eigenvalue weighted by molar-refractivity contribution is 0.137. The van der Waals surface area contributed by atoms with E-state index in [4.69, 9.17) is 26.6 Å². The average Bonchev–Trinajstić information content (AvgIpc) is 2.14. The summed E-state index contributed by atoms with van der Waals surface area (Å²) in [5.74, 6) is 0.771. The van der Waals surface area contributed by atoms with E-state index in [1.807, 2.05) is 12.1 Å². The first-order valence-corrected chi connectivity index (χ1v) is 5.85. The largest absolute Gasteiger partial charge is 0.503 e. The fourth-order valence-electron chi connectivity index (χ4n) is 2.24. The van der Waals surface area contributed by atoms with Crippen molar-refractivity contribution >= 4 is 17.8 Å². The van der Waals surface area contributed by atoms with Crippen molar-refractivity contribution in [2.45, 2.75) is 32.6 Å². The van der Waals surface area contributed by atoms with Gasteiger partial charge in [-0.25, -0.2) is 4.79 Å². The van der Waals surface area contributed by atoms with Crippen LogP contribution in [0.25, 0.3) is 0 Å². The predicted octanol–water partition coefficient (Wildman–Crippen LogP) is 4.47. The molecule has 0 atom stereocenters. The van der Waals surface area contributed by atoms with Crippen LogP contribution in [0.5, 0.6) is 0 Å². The van der Waals surface area contributed by atoms with Gasteiger partial charge in [0.25, 0.3) is 0 Å². The SMILES string of the molecule is CC1(C)CC(c2ccc(Cl)cc2)C1.O=C(O)O. The molecule has 0 radical (unpaired) electrons. The second kappa shape index (κ2) is 5.41. The molecule has 0 saturated heterocycles. The van der Waals surface area contributed by atoms with Crippen LogP contribution >= 0.6 is 11.6 Å². The van der Waals surface area contributed by atoms with Gasteiger partial charge in [0.05, 0.1) is 0 Å². The van der Waals surface area contributed by atoms with Crippen LogP contribution in [-0.4, -0.2) is 16.4 Å². The van der Waals surface area contributed by atoms with Crippen LogP contribution in [0.3, 0.4) is 0 Å². The maximum atomic E-state index is 8.56. The van der Waals surface area contributed by atoms with Crippen molar-refractivity contribution in [2.24, 2.45) is 5.41 Å². The molecule has 1 aromatic carbocycles. The van der Waals surface area contributed by atoms with Crippen LogP contribution in [0.4, 0.5) is 4.79 Å². The maximum absolute atomic E-state index is 8.56. The van der Waals surface area contributed by atoms with Crippen LogP contribution in [0, 0.1) is 5.41 Å². The maximum Gasteiger partial charge on any atom is 0.503 e. The number of hydrogen-bond acceptors (Lipinski definition) is 1. The van der Waals surface area contributed by atoms with E-state index in [0.717, 1.165) is 10.9 Å². The van der Waals surface area contributed by atoms with E-state index in [1.54, 1.807) is 0 Å². The molecule has 0 unspecified atom stereocenters. The summed E-state index contributed by atoms with van der Waals surface area (Å²) in [4.78, 5) is 8.56. The van der Waals surface area contributed by atoms with Crippen molar-refractivity contribution < 1.29 is 15.0 Å². The summed E-state index contributed by atoms with van der Waals surface area (Å²) in [6.07, 6.45) is 0.795. The first-order valence-electron chi connectivity index (χ1n) is 5.47. The molecule has 1 aromatic rings. The lowest BCUT2D eigenvalue weighted by atomic mass is 9.62. The van der Waals surface area contributed by atoms with E-state index < -0.39 is 6.16 Å². The molecule has 4 heteroatoms. The van der Waals surface area contributed by atoms with Crippen LogP contribution in [-0.2, 0) is 0 Å². The predicted molar refractivity (Wildman–Crippen MR) is 67.9 cm³/mol. The lowest BCUT2D eigenvalue weighted by Gasteiger charge is -2.43. The van der Waals surface area contributed by atoms with E-state index in [1.165, 1.54) is 18.4 Å². The highest BCUT2D eigenvalue weighted by Gasteiger charge is 2.36. The van der Waals surface area contributed by atoms with Gasteiger partial charge in [-0.3, -0.25) is 0 Å². The number of hydrogen-bond donors (Lipinski definition) is 2. The van der Waals surface area contributed by atoms with Gasteiger partial charge in [0.2, 0.25) is 0 Å². The average molecular weight is 257 g/mol. The Morgan fingerprint density at radius 2 is 1.65 bits per heavy atom. The molecular weight excluding hydrogens is 240 g/mol. The smallest absolute Gasteiger partial charge is 0.450 e. The molecule has 0 heterocycles. The third-order valence-corrected chi connectivity index (χ3v) is 3.19. The zero-order valence-corrected chi connectivity index (χ0v) is 10.7. The topological polar surface area (TPSA) is 57.5 Å². The van der Waals surface area contributed by atoms with E-state index in [0.29, 0.717) is 5.41 Å². The standard InChI is InChI=1S/C12H15Cl.CH2O3/c1-12(2)7-10(8-12)9-3-5-11(13)6-4-9;2-1(3)4/h3-6,10H,7-8H2,1-2H3;(H2,2,3,4). The first-order chi connectivity index (χ1) is 7.80.